The lowest BCUT2D eigenvalue weighted by Gasteiger charge is -2.31. The smallest absolute Gasteiger partial charge is 0.217 e. The van der Waals surface area contributed by atoms with Gasteiger partial charge in [0, 0.05) is 31.5 Å². The summed E-state index contributed by atoms with van der Waals surface area (Å²) in [6, 6.07) is 9.34. The van der Waals surface area contributed by atoms with Crippen molar-refractivity contribution in [2.45, 2.75) is 24.5 Å². The molecule has 7 heteroatoms. The van der Waals surface area contributed by atoms with E-state index in [1.807, 2.05) is 30.3 Å². The number of benzene rings is 1. The van der Waals surface area contributed by atoms with E-state index in [1.54, 1.807) is 4.31 Å². The first kappa shape index (κ1) is 18.2. The summed E-state index contributed by atoms with van der Waals surface area (Å²) in [5.74, 6) is 1.45. The van der Waals surface area contributed by atoms with Gasteiger partial charge < -0.3 is 14.4 Å². The molecule has 0 N–H and O–H groups in total. The molecule has 4 rings (SSSR count). The Morgan fingerprint density at radius 2 is 2.08 bits per heavy atom. The van der Waals surface area contributed by atoms with E-state index in [0.29, 0.717) is 36.8 Å². The Hall–Kier alpha value is -1.15. The normalized spacial score (nSPS) is 33.7. The molecule has 144 valence electrons. The summed E-state index contributed by atoms with van der Waals surface area (Å²) in [6.07, 6.45) is 2.34. The van der Waals surface area contributed by atoms with E-state index in [4.69, 9.17) is 9.47 Å². The first-order valence-electron chi connectivity index (χ1n) is 9.38. The molecule has 3 fully saturated rings. The first-order chi connectivity index (χ1) is 12.4. The number of para-hydroxylation sites is 1. The zero-order chi connectivity index (χ0) is 18.4. The van der Waals surface area contributed by atoms with E-state index < -0.39 is 10.0 Å². The third-order valence-electron chi connectivity index (χ3n) is 6.08. The van der Waals surface area contributed by atoms with Gasteiger partial charge in [-0.25, -0.2) is 8.42 Å². The maximum absolute atomic E-state index is 12.8. The molecule has 1 aromatic carbocycles. The fourth-order valence-electron chi connectivity index (χ4n) is 4.94. The third-order valence-corrected chi connectivity index (χ3v) is 7.82. The van der Waals surface area contributed by atoms with Gasteiger partial charge in [0.2, 0.25) is 10.0 Å². The molecular formula is C19H28N2O4S. The van der Waals surface area contributed by atoms with E-state index in [-0.39, 0.29) is 18.0 Å². The Morgan fingerprint density at radius 1 is 1.31 bits per heavy atom. The van der Waals surface area contributed by atoms with E-state index in [0.717, 1.165) is 19.4 Å². The van der Waals surface area contributed by atoms with Crippen LogP contribution in [0, 0.1) is 11.8 Å². The van der Waals surface area contributed by atoms with E-state index in [2.05, 4.69) is 19.0 Å². The van der Waals surface area contributed by atoms with Crippen molar-refractivity contribution in [3.8, 4) is 5.75 Å². The lowest BCUT2D eigenvalue weighted by Crippen LogP contribution is -2.40. The minimum absolute atomic E-state index is 0.00642. The molecular weight excluding hydrogens is 352 g/mol. The Morgan fingerprint density at radius 3 is 2.81 bits per heavy atom. The zero-order valence-corrected chi connectivity index (χ0v) is 16.3. The van der Waals surface area contributed by atoms with E-state index >= 15 is 0 Å². The largest absolute Gasteiger partial charge is 0.492 e. The number of hydrogen-bond donors (Lipinski definition) is 0. The summed E-state index contributed by atoms with van der Waals surface area (Å²) in [5.41, 5.74) is -0.251. The van der Waals surface area contributed by atoms with Gasteiger partial charge in [0.15, 0.2) is 0 Å². The maximum Gasteiger partial charge on any atom is 0.217 e. The number of hydrogen-bond acceptors (Lipinski definition) is 5. The van der Waals surface area contributed by atoms with Crippen molar-refractivity contribution in [2.24, 2.45) is 11.8 Å². The van der Waals surface area contributed by atoms with Gasteiger partial charge in [-0.05, 0) is 39.1 Å². The summed E-state index contributed by atoms with van der Waals surface area (Å²) in [7, 11) is 0.806. The highest BCUT2D eigenvalue weighted by atomic mass is 32.2. The Kier molecular flexibility index (Phi) is 4.75. The van der Waals surface area contributed by atoms with Crippen molar-refractivity contribution in [1.29, 1.82) is 0 Å². The Labute approximate surface area is 156 Å². The van der Waals surface area contributed by atoms with Crippen LogP contribution in [0.25, 0.3) is 0 Å². The minimum Gasteiger partial charge on any atom is -0.492 e. The molecule has 2 bridgehead atoms. The van der Waals surface area contributed by atoms with Gasteiger partial charge >= 0.3 is 0 Å². The molecule has 0 aliphatic carbocycles. The average Bonchev–Trinajstić information content (AvgIpc) is 3.25. The van der Waals surface area contributed by atoms with Gasteiger partial charge in [-0.15, -0.1) is 0 Å². The average molecular weight is 381 g/mol. The van der Waals surface area contributed by atoms with Crippen LogP contribution in [0.2, 0.25) is 0 Å². The molecule has 3 saturated heterocycles. The molecule has 0 unspecified atom stereocenters. The lowest BCUT2D eigenvalue weighted by molar-refractivity contribution is 0.00738. The molecule has 3 aliphatic heterocycles. The summed E-state index contributed by atoms with van der Waals surface area (Å²) < 4.78 is 39.2. The van der Waals surface area contributed by atoms with Gasteiger partial charge in [-0.2, -0.15) is 4.31 Å². The highest BCUT2D eigenvalue weighted by Gasteiger charge is 2.64. The number of rotatable bonds is 7. The van der Waals surface area contributed by atoms with Gasteiger partial charge in [0.05, 0.1) is 17.5 Å². The second-order valence-corrected chi connectivity index (χ2v) is 10.2. The van der Waals surface area contributed by atoms with Crippen molar-refractivity contribution < 1.29 is 17.9 Å². The van der Waals surface area contributed by atoms with Crippen molar-refractivity contribution in [3.05, 3.63) is 30.3 Å². The number of fused-ring (bicyclic) bond motifs is 1. The SMILES string of the molecule is CN(C)C[C@H]1[C@H]2CN(S(=O)(=O)CCOc3ccccc3)C[C@]23CC[C@H]1O3. The molecule has 6 nitrogen and oxygen atoms in total. The fraction of sp³-hybridized carbons (Fsp3) is 0.684. The maximum atomic E-state index is 12.8. The van der Waals surface area contributed by atoms with Crippen molar-refractivity contribution >= 4 is 10.0 Å². The highest BCUT2D eigenvalue weighted by molar-refractivity contribution is 7.89. The first-order valence-corrected chi connectivity index (χ1v) is 11.0. The summed E-state index contributed by atoms with van der Waals surface area (Å²) >= 11 is 0. The molecule has 4 atom stereocenters. The molecule has 3 aliphatic rings. The highest BCUT2D eigenvalue weighted by Crippen LogP contribution is 2.55. The van der Waals surface area contributed by atoms with Crippen LogP contribution in [0.15, 0.2) is 30.3 Å². The predicted octanol–water partition coefficient (Wildman–Crippen LogP) is 1.44. The van der Waals surface area contributed by atoms with Crippen LogP contribution < -0.4 is 4.74 Å². The second-order valence-electron chi connectivity index (χ2n) is 8.06. The molecule has 0 amide bonds. The number of nitrogens with zero attached hydrogens (tertiary/aromatic N) is 2. The number of ether oxygens (including phenoxy) is 2. The topological polar surface area (TPSA) is 59.1 Å². The molecule has 26 heavy (non-hydrogen) atoms. The van der Waals surface area contributed by atoms with Crippen molar-refractivity contribution in [2.75, 3.05) is 46.1 Å². The Balaban J connectivity index is 1.39. The summed E-state index contributed by atoms with van der Waals surface area (Å²) in [6.45, 7) is 2.22. The van der Waals surface area contributed by atoms with Crippen LogP contribution in [0.3, 0.4) is 0 Å². The van der Waals surface area contributed by atoms with Gasteiger partial charge in [-0.1, -0.05) is 18.2 Å². The fourth-order valence-corrected chi connectivity index (χ4v) is 6.29. The van der Waals surface area contributed by atoms with Crippen molar-refractivity contribution in [1.82, 2.24) is 9.21 Å². The van der Waals surface area contributed by atoms with Crippen LogP contribution in [-0.2, 0) is 14.8 Å². The Bertz CT molecular complexity index is 739. The van der Waals surface area contributed by atoms with Crippen LogP contribution in [0.5, 0.6) is 5.75 Å². The van der Waals surface area contributed by atoms with E-state index in [9.17, 15) is 8.42 Å². The number of sulfonamides is 1. The monoisotopic (exact) mass is 380 g/mol. The molecule has 0 aromatic heterocycles. The second kappa shape index (κ2) is 6.78. The van der Waals surface area contributed by atoms with E-state index in [1.165, 1.54) is 0 Å². The zero-order valence-electron chi connectivity index (χ0n) is 15.5. The standard InChI is InChI=1S/C19H28N2O4S/c1-20(2)12-16-17-13-21(14-19(17)9-8-18(16)25-19)26(22,23)11-10-24-15-6-4-3-5-7-15/h3-7,16-18H,8-14H2,1-2H3/t16-,17+,18+,19+/m0/s1. The quantitative estimate of drug-likeness (QED) is 0.716. The lowest BCUT2D eigenvalue weighted by atomic mass is 9.73. The molecule has 1 spiro atoms. The molecule has 0 radical (unpaired) electrons. The third kappa shape index (κ3) is 3.26. The van der Waals surface area contributed by atoms with Crippen LogP contribution >= 0.6 is 0 Å². The summed E-state index contributed by atoms with van der Waals surface area (Å²) in [4.78, 5) is 2.19. The summed E-state index contributed by atoms with van der Waals surface area (Å²) in [5, 5.41) is 0. The van der Waals surface area contributed by atoms with Crippen LogP contribution in [0.4, 0.5) is 0 Å². The predicted molar refractivity (Wildman–Crippen MR) is 99.7 cm³/mol. The van der Waals surface area contributed by atoms with Gasteiger partial charge in [0.1, 0.15) is 12.4 Å². The molecule has 3 heterocycles. The van der Waals surface area contributed by atoms with Gasteiger partial charge in [0.25, 0.3) is 0 Å². The van der Waals surface area contributed by atoms with Crippen molar-refractivity contribution in [3.63, 3.8) is 0 Å². The molecule has 0 saturated carbocycles. The van der Waals surface area contributed by atoms with Gasteiger partial charge in [-0.3, -0.25) is 0 Å². The molecule has 1 aromatic rings. The minimum atomic E-state index is -3.34. The van der Waals surface area contributed by atoms with Crippen LogP contribution in [0.1, 0.15) is 12.8 Å². The van der Waals surface area contributed by atoms with Crippen LogP contribution in [-0.4, -0.2) is 75.4 Å².